The van der Waals surface area contributed by atoms with Crippen LogP contribution in [0, 0.1) is 17.7 Å². The predicted molar refractivity (Wildman–Crippen MR) is 147 cm³/mol. The summed E-state index contributed by atoms with van der Waals surface area (Å²) < 4.78 is 33.4. The molecule has 1 saturated carbocycles. The SMILES string of the molecule is CNCC(CC1CCC(F)CC1)NC(=O)N1CCCC(C(O)(CCCNC(=O)OC)c2cccc(Cl)c2F)C1. The summed E-state index contributed by atoms with van der Waals surface area (Å²) >= 11 is 6.07. The van der Waals surface area contributed by atoms with Gasteiger partial charge in [0.2, 0.25) is 0 Å². The minimum atomic E-state index is -1.60. The zero-order valence-corrected chi connectivity index (χ0v) is 23.7. The Labute approximate surface area is 235 Å². The summed E-state index contributed by atoms with van der Waals surface area (Å²) in [6.07, 6.45) is 4.06. The second-order valence-corrected chi connectivity index (χ2v) is 11.3. The lowest BCUT2D eigenvalue weighted by molar-refractivity contribution is -0.0576. The molecule has 39 heavy (non-hydrogen) atoms. The summed E-state index contributed by atoms with van der Waals surface area (Å²) in [5.74, 6) is -0.744. The molecule has 3 amide bonds. The van der Waals surface area contributed by atoms with Crippen molar-refractivity contribution in [2.45, 2.75) is 75.6 Å². The lowest BCUT2D eigenvalue weighted by Gasteiger charge is -2.43. The number of alkyl carbamates (subject to hydrolysis) is 1. The number of rotatable bonds is 11. The number of alkyl halides is 1. The Morgan fingerprint density at radius 1 is 1.26 bits per heavy atom. The first-order chi connectivity index (χ1) is 18.7. The summed E-state index contributed by atoms with van der Waals surface area (Å²) in [5, 5.41) is 20.8. The molecule has 3 atom stereocenters. The largest absolute Gasteiger partial charge is 0.453 e. The third-order valence-electron chi connectivity index (χ3n) is 8.16. The Morgan fingerprint density at radius 3 is 2.69 bits per heavy atom. The van der Waals surface area contributed by atoms with Crippen LogP contribution in [0.25, 0.3) is 0 Å². The van der Waals surface area contributed by atoms with Crippen molar-refractivity contribution in [3.8, 4) is 0 Å². The van der Waals surface area contributed by atoms with Gasteiger partial charge in [-0.3, -0.25) is 0 Å². The molecule has 3 rings (SSSR count). The maximum atomic E-state index is 15.2. The van der Waals surface area contributed by atoms with Crippen LogP contribution >= 0.6 is 11.6 Å². The highest BCUT2D eigenvalue weighted by atomic mass is 35.5. The molecule has 1 aromatic carbocycles. The number of carbonyl (C=O) groups is 2. The van der Waals surface area contributed by atoms with Crippen LogP contribution in [0.2, 0.25) is 5.02 Å². The number of benzene rings is 1. The number of hydrogen-bond donors (Lipinski definition) is 4. The summed E-state index contributed by atoms with van der Waals surface area (Å²) in [6, 6.07) is 4.24. The molecule has 220 valence electrons. The van der Waals surface area contributed by atoms with Crippen LogP contribution in [0.3, 0.4) is 0 Å². The smallest absolute Gasteiger partial charge is 0.406 e. The van der Waals surface area contributed by atoms with Gasteiger partial charge in [-0.1, -0.05) is 23.7 Å². The highest BCUT2D eigenvalue weighted by Gasteiger charge is 2.43. The van der Waals surface area contributed by atoms with Gasteiger partial charge in [0.15, 0.2) is 0 Å². The van der Waals surface area contributed by atoms with E-state index in [2.05, 4.69) is 20.7 Å². The van der Waals surface area contributed by atoms with Crippen molar-refractivity contribution >= 4 is 23.7 Å². The van der Waals surface area contributed by atoms with E-state index in [1.807, 2.05) is 7.05 Å². The number of likely N-dealkylation sites (tertiary alicyclic amines) is 1. The van der Waals surface area contributed by atoms with Crippen LogP contribution in [0.15, 0.2) is 18.2 Å². The van der Waals surface area contributed by atoms with Crippen LogP contribution in [-0.2, 0) is 10.3 Å². The number of halogens is 3. The van der Waals surface area contributed by atoms with Gasteiger partial charge >= 0.3 is 12.1 Å². The number of nitrogens with zero attached hydrogens (tertiary/aromatic N) is 1. The number of carbonyl (C=O) groups excluding carboxylic acids is 2. The molecule has 1 aliphatic heterocycles. The molecule has 0 bridgehead atoms. The van der Waals surface area contributed by atoms with Gasteiger partial charge in [-0.05, 0) is 76.8 Å². The molecule has 8 nitrogen and oxygen atoms in total. The molecule has 11 heteroatoms. The number of ether oxygens (including phenoxy) is 1. The Kier molecular flexibility index (Phi) is 12.1. The number of methoxy groups -OCH3 is 1. The van der Waals surface area contributed by atoms with Gasteiger partial charge in [0.25, 0.3) is 0 Å². The fourth-order valence-corrected chi connectivity index (χ4v) is 6.21. The average Bonchev–Trinajstić information content (AvgIpc) is 2.93. The second kappa shape index (κ2) is 15.0. The van der Waals surface area contributed by atoms with E-state index >= 15 is 4.39 Å². The van der Waals surface area contributed by atoms with E-state index < -0.39 is 29.6 Å². The summed E-state index contributed by atoms with van der Waals surface area (Å²) in [4.78, 5) is 26.5. The first-order valence-corrected chi connectivity index (χ1v) is 14.4. The average molecular weight is 573 g/mol. The number of nitrogens with one attached hydrogen (secondary N) is 3. The van der Waals surface area contributed by atoms with E-state index in [-0.39, 0.29) is 42.2 Å². The molecule has 3 unspecified atom stereocenters. The summed E-state index contributed by atoms with van der Waals surface area (Å²) in [6.45, 7) is 1.62. The van der Waals surface area contributed by atoms with E-state index in [1.54, 1.807) is 11.0 Å². The van der Waals surface area contributed by atoms with Crippen molar-refractivity contribution in [2.24, 2.45) is 11.8 Å². The predicted octanol–water partition coefficient (Wildman–Crippen LogP) is 4.73. The molecule has 2 fully saturated rings. The second-order valence-electron chi connectivity index (χ2n) is 10.9. The number of hydrogen-bond acceptors (Lipinski definition) is 5. The van der Waals surface area contributed by atoms with Gasteiger partial charge in [0.1, 0.15) is 12.0 Å². The molecule has 0 aromatic heterocycles. The molecular weight excluding hydrogens is 530 g/mol. The van der Waals surface area contributed by atoms with Crippen LogP contribution < -0.4 is 16.0 Å². The number of likely N-dealkylation sites (N-methyl/N-ethyl adjacent to an activating group) is 1. The zero-order chi connectivity index (χ0) is 28.4. The molecule has 0 spiro atoms. The fraction of sp³-hybridized carbons (Fsp3) is 0.714. The Hall–Kier alpha value is -2.17. The van der Waals surface area contributed by atoms with Gasteiger partial charge in [-0.15, -0.1) is 0 Å². The zero-order valence-electron chi connectivity index (χ0n) is 23.0. The maximum Gasteiger partial charge on any atom is 0.406 e. The monoisotopic (exact) mass is 572 g/mol. The van der Waals surface area contributed by atoms with Crippen molar-refractivity contribution in [1.82, 2.24) is 20.9 Å². The minimum Gasteiger partial charge on any atom is -0.453 e. The normalized spacial score (nSPS) is 23.9. The maximum absolute atomic E-state index is 15.2. The van der Waals surface area contributed by atoms with E-state index in [4.69, 9.17) is 11.6 Å². The standard InChI is InChI=1S/C28H43ClF2N4O4/c1-32-17-22(16-19-9-11-21(30)12-10-19)34-26(36)35-15-4-6-20(18-35)28(38,13-5-14-33-27(37)39-2)23-7-3-8-24(29)25(23)31/h3,7-8,19-22,32,38H,4-6,9-18H2,1-2H3,(H,33,37)(H,34,36). The molecule has 4 N–H and O–H groups in total. The van der Waals surface area contributed by atoms with Crippen molar-refractivity contribution in [3.63, 3.8) is 0 Å². The van der Waals surface area contributed by atoms with E-state index in [0.29, 0.717) is 51.1 Å². The van der Waals surface area contributed by atoms with Crippen molar-refractivity contribution in [2.75, 3.05) is 40.3 Å². The van der Waals surface area contributed by atoms with Crippen molar-refractivity contribution < 1.29 is 28.2 Å². The van der Waals surface area contributed by atoms with Crippen LogP contribution in [0.4, 0.5) is 18.4 Å². The van der Waals surface area contributed by atoms with Gasteiger partial charge in [0, 0.05) is 43.7 Å². The summed E-state index contributed by atoms with van der Waals surface area (Å²) in [7, 11) is 3.10. The Balaban J connectivity index is 1.71. The highest BCUT2D eigenvalue weighted by molar-refractivity contribution is 6.30. The first kappa shape index (κ1) is 31.4. The van der Waals surface area contributed by atoms with E-state index in [1.165, 1.54) is 19.2 Å². The van der Waals surface area contributed by atoms with Crippen molar-refractivity contribution in [1.29, 1.82) is 0 Å². The Morgan fingerprint density at radius 2 is 2.00 bits per heavy atom. The molecule has 1 aliphatic carbocycles. The summed E-state index contributed by atoms with van der Waals surface area (Å²) in [5.41, 5.74) is -1.50. The van der Waals surface area contributed by atoms with Gasteiger partial charge in [-0.25, -0.2) is 18.4 Å². The fourth-order valence-electron chi connectivity index (χ4n) is 6.03. The molecular formula is C28H43ClF2N4O4. The number of urea groups is 1. The van der Waals surface area contributed by atoms with Gasteiger partial charge in [0.05, 0.1) is 17.7 Å². The number of aliphatic hydroxyl groups is 1. The van der Waals surface area contributed by atoms with E-state index in [9.17, 15) is 19.1 Å². The van der Waals surface area contributed by atoms with Crippen LogP contribution in [0.5, 0.6) is 0 Å². The number of piperidine rings is 1. The van der Waals surface area contributed by atoms with Crippen LogP contribution in [-0.4, -0.2) is 74.7 Å². The quantitative estimate of drug-likeness (QED) is 0.287. The number of amides is 3. The highest BCUT2D eigenvalue weighted by Crippen LogP contribution is 2.41. The molecule has 1 saturated heterocycles. The third kappa shape index (κ3) is 8.66. The third-order valence-corrected chi connectivity index (χ3v) is 8.46. The molecule has 2 aliphatic rings. The van der Waals surface area contributed by atoms with Crippen molar-refractivity contribution in [3.05, 3.63) is 34.6 Å². The minimum absolute atomic E-state index is 0.0827. The first-order valence-electron chi connectivity index (χ1n) is 14.0. The Bertz CT molecular complexity index is 950. The van der Waals surface area contributed by atoms with E-state index in [0.717, 1.165) is 19.3 Å². The topological polar surface area (TPSA) is 103 Å². The lowest BCUT2D eigenvalue weighted by atomic mass is 9.74. The van der Waals surface area contributed by atoms with Gasteiger partial charge < -0.3 is 30.7 Å². The molecule has 1 heterocycles. The molecule has 0 radical (unpaired) electrons. The van der Waals surface area contributed by atoms with Gasteiger partial charge in [-0.2, -0.15) is 0 Å². The van der Waals surface area contributed by atoms with Crippen LogP contribution in [0.1, 0.15) is 63.4 Å². The lowest BCUT2D eigenvalue weighted by Crippen LogP contribution is -2.54. The molecule has 1 aromatic rings.